The highest BCUT2D eigenvalue weighted by atomic mass is 16.2. The fourth-order valence-corrected chi connectivity index (χ4v) is 3.89. The number of fused-ring (bicyclic) bond motifs is 1. The van der Waals surface area contributed by atoms with Gasteiger partial charge in [0.05, 0.1) is 0 Å². The van der Waals surface area contributed by atoms with Gasteiger partial charge in [-0.15, -0.1) is 0 Å². The van der Waals surface area contributed by atoms with Crippen LogP contribution in [-0.2, 0) is 12.8 Å². The highest BCUT2D eigenvalue weighted by Crippen LogP contribution is 2.23. The summed E-state index contributed by atoms with van der Waals surface area (Å²) in [6.07, 6.45) is 7.45. The molecular formula is C21H23N3O2. The summed E-state index contributed by atoms with van der Waals surface area (Å²) in [5, 5.41) is 0. The van der Waals surface area contributed by atoms with Crippen LogP contribution in [0.3, 0.4) is 0 Å². The number of amides is 2. The molecule has 134 valence electrons. The molecule has 1 aromatic heterocycles. The van der Waals surface area contributed by atoms with E-state index in [-0.39, 0.29) is 11.8 Å². The first-order chi connectivity index (χ1) is 12.7. The van der Waals surface area contributed by atoms with Gasteiger partial charge in [0.1, 0.15) is 0 Å². The molecule has 1 aliphatic carbocycles. The van der Waals surface area contributed by atoms with Crippen molar-refractivity contribution in [1.82, 2.24) is 14.8 Å². The molecule has 4 rings (SSSR count). The van der Waals surface area contributed by atoms with Gasteiger partial charge in [-0.3, -0.25) is 14.6 Å². The summed E-state index contributed by atoms with van der Waals surface area (Å²) < 4.78 is 0. The monoisotopic (exact) mass is 349 g/mol. The van der Waals surface area contributed by atoms with Crippen LogP contribution in [0.2, 0.25) is 0 Å². The fraction of sp³-hybridized carbons (Fsp3) is 0.381. The molecule has 2 aromatic rings. The number of carbonyl (C=O) groups excluding carboxylic acids is 2. The van der Waals surface area contributed by atoms with Crippen molar-refractivity contribution < 1.29 is 9.59 Å². The second kappa shape index (κ2) is 7.28. The summed E-state index contributed by atoms with van der Waals surface area (Å²) in [4.78, 5) is 33.2. The summed E-state index contributed by atoms with van der Waals surface area (Å²) in [7, 11) is 0. The van der Waals surface area contributed by atoms with E-state index < -0.39 is 0 Å². The van der Waals surface area contributed by atoms with E-state index in [1.807, 2.05) is 15.9 Å². The van der Waals surface area contributed by atoms with Gasteiger partial charge in [0.2, 0.25) is 0 Å². The molecule has 0 N–H and O–H groups in total. The summed E-state index contributed by atoms with van der Waals surface area (Å²) in [5.74, 6) is 0.0946. The third-order valence-corrected chi connectivity index (χ3v) is 5.34. The summed E-state index contributed by atoms with van der Waals surface area (Å²) in [6, 6.07) is 9.60. The number of aromatic nitrogens is 1. The van der Waals surface area contributed by atoms with Gasteiger partial charge in [-0.25, -0.2) is 0 Å². The Balaban J connectivity index is 1.43. The largest absolute Gasteiger partial charge is 0.337 e. The number of rotatable bonds is 2. The van der Waals surface area contributed by atoms with Crippen molar-refractivity contribution in [2.24, 2.45) is 0 Å². The molecule has 2 amide bonds. The summed E-state index contributed by atoms with van der Waals surface area (Å²) in [5.41, 5.74) is 4.13. The second-order valence-corrected chi connectivity index (χ2v) is 7.01. The maximum absolute atomic E-state index is 12.9. The quantitative estimate of drug-likeness (QED) is 0.837. The predicted molar refractivity (Wildman–Crippen MR) is 99.1 cm³/mol. The Hall–Kier alpha value is -2.69. The van der Waals surface area contributed by atoms with E-state index in [2.05, 4.69) is 17.1 Å². The predicted octanol–water partition coefficient (Wildman–Crippen LogP) is 2.56. The van der Waals surface area contributed by atoms with Crippen molar-refractivity contribution in [3.8, 4) is 0 Å². The van der Waals surface area contributed by atoms with Crippen molar-refractivity contribution in [3.63, 3.8) is 0 Å². The van der Waals surface area contributed by atoms with Crippen molar-refractivity contribution in [1.29, 1.82) is 0 Å². The number of aryl methyl sites for hydroxylation is 2. The lowest BCUT2D eigenvalue weighted by Crippen LogP contribution is -2.37. The minimum Gasteiger partial charge on any atom is -0.337 e. The standard InChI is InChI=1S/C21H23N3O2/c25-20(17-7-9-22-10-8-17)23-11-2-12-24(14-13-23)21(26)19-6-5-16-3-1-4-18(16)15-19/h5-10,15H,1-4,11-14H2. The minimum absolute atomic E-state index is 0.0132. The Labute approximate surface area is 153 Å². The molecule has 0 saturated carbocycles. The first kappa shape index (κ1) is 16.8. The van der Waals surface area contributed by atoms with Crippen LogP contribution in [0.15, 0.2) is 42.7 Å². The van der Waals surface area contributed by atoms with E-state index in [1.54, 1.807) is 24.5 Å². The number of nitrogens with zero attached hydrogens (tertiary/aromatic N) is 3. The molecule has 1 saturated heterocycles. The topological polar surface area (TPSA) is 53.5 Å². The van der Waals surface area contributed by atoms with Gasteiger partial charge in [0.25, 0.3) is 11.8 Å². The zero-order valence-electron chi connectivity index (χ0n) is 14.9. The van der Waals surface area contributed by atoms with Gasteiger partial charge in [-0.05, 0) is 61.1 Å². The van der Waals surface area contributed by atoms with E-state index in [9.17, 15) is 9.59 Å². The molecule has 26 heavy (non-hydrogen) atoms. The number of carbonyl (C=O) groups is 2. The van der Waals surface area contributed by atoms with E-state index in [0.717, 1.165) is 24.8 Å². The summed E-state index contributed by atoms with van der Waals surface area (Å²) in [6.45, 7) is 2.51. The lowest BCUT2D eigenvalue weighted by molar-refractivity contribution is 0.0718. The lowest BCUT2D eigenvalue weighted by atomic mass is 10.1. The van der Waals surface area contributed by atoms with Crippen molar-refractivity contribution in [2.45, 2.75) is 25.7 Å². The van der Waals surface area contributed by atoms with E-state index in [1.165, 1.54) is 17.5 Å². The van der Waals surface area contributed by atoms with E-state index in [0.29, 0.717) is 31.7 Å². The van der Waals surface area contributed by atoms with Gasteiger partial charge in [-0.1, -0.05) is 6.07 Å². The number of benzene rings is 1. The minimum atomic E-state index is 0.0132. The molecule has 5 heteroatoms. The van der Waals surface area contributed by atoms with Gasteiger partial charge >= 0.3 is 0 Å². The van der Waals surface area contributed by atoms with Crippen LogP contribution < -0.4 is 0 Å². The van der Waals surface area contributed by atoms with Gasteiger partial charge in [-0.2, -0.15) is 0 Å². The first-order valence-electron chi connectivity index (χ1n) is 9.33. The first-order valence-corrected chi connectivity index (χ1v) is 9.33. The molecule has 1 aromatic carbocycles. The van der Waals surface area contributed by atoms with E-state index in [4.69, 9.17) is 0 Å². The highest BCUT2D eigenvalue weighted by Gasteiger charge is 2.24. The molecule has 2 heterocycles. The zero-order valence-corrected chi connectivity index (χ0v) is 14.9. The Bertz CT molecular complexity index is 819. The third kappa shape index (κ3) is 3.34. The summed E-state index contributed by atoms with van der Waals surface area (Å²) >= 11 is 0. The molecule has 1 fully saturated rings. The molecule has 0 unspecified atom stereocenters. The number of pyridine rings is 1. The maximum atomic E-state index is 12.9. The van der Waals surface area contributed by atoms with Crippen LogP contribution >= 0.6 is 0 Å². The average Bonchev–Trinajstić information content (AvgIpc) is 3.02. The molecule has 5 nitrogen and oxygen atoms in total. The molecule has 2 aliphatic rings. The Kier molecular flexibility index (Phi) is 4.69. The van der Waals surface area contributed by atoms with Gasteiger partial charge in [0, 0.05) is 49.7 Å². The molecule has 0 spiro atoms. The maximum Gasteiger partial charge on any atom is 0.254 e. The molecule has 0 bridgehead atoms. The van der Waals surface area contributed by atoms with Crippen LogP contribution in [0.5, 0.6) is 0 Å². The highest BCUT2D eigenvalue weighted by molar-refractivity contribution is 5.95. The fourth-order valence-electron chi connectivity index (χ4n) is 3.89. The van der Waals surface area contributed by atoms with Crippen LogP contribution in [0.1, 0.15) is 44.7 Å². The van der Waals surface area contributed by atoms with Gasteiger partial charge in [0.15, 0.2) is 0 Å². The Morgan fingerprint density at radius 3 is 2.12 bits per heavy atom. The van der Waals surface area contributed by atoms with Crippen LogP contribution in [-0.4, -0.2) is 52.8 Å². The zero-order chi connectivity index (χ0) is 17.9. The molecule has 1 aliphatic heterocycles. The van der Waals surface area contributed by atoms with Crippen LogP contribution in [0.4, 0.5) is 0 Å². The van der Waals surface area contributed by atoms with Gasteiger partial charge < -0.3 is 9.80 Å². The van der Waals surface area contributed by atoms with E-state index >= 15 is 0 Å². The molecular weight excluding hydrogens is 326 g/mol. The van der Waals surface area contributed by atoms with Crippen molar-refractivity contribution in [3.05, 3.63) is 65.0 Å². The second-order valence-electron chi connectivity index (χ2n) is 7.01. The lowest BCUT2D eigenvalue weighted by Gasteiger charge is -2.22. The molecule has 0 radical (unpaired) electrons. The molecule has 0 atom stereocenters. The van der Waals surface area contributed by atoms with Crippen molar-refractivity contribution >= 4 is 11.8 Å². The normalized spacial score (nSPS) is 16.9. The SMILES string of the molecule is O=C(c1ccncc1)N1CCCN(C(=O)c2ccc3c(c2)CCC3)CC1. The smallest absolute Gasteiger partial charge is 0.254 e. The van der Waals surface area contributed by atoms with Crippen molar-refractivity contribution in [2.75, 3.05) is 26.2 Å². The third-order valence-electron chi connectivity index (χ3n) is 5.34. The Morgan fingerprint density at radius 2 is 1.38 bits per heavy atom. The Morgan fingerprint density at radius 1 is 0.731 bits per heavy atom. The van der Waals surface area contributed by atoms with Crippen LogP contribution in [0, 0.1) is 0 Å². The average molecular weight is 349 g/mol. The number of hydrogen-bond donors (Lipinski definition) is 0. The van der Waals surface area contributed by atoms with Crippen LogP contribution in [0.25, 0.3) is 0 Å². The number of hydrogen-bond acceptors (Lipinski definition) is 3.